The van der Waals surface area contributed by atoms with Gasteiger partial charge in [0.1, 0.15) is 10.6 Å². The average molecular weight is 306 g/mol. The highest BCUT2D eigenvalue weighted by Crippen LogP contribution is 2.13. The molecule has 0 fully saturated rings. The topological polar surface area (TPSA) is 91.0 Å². The van der Waals surface area contributed by atoms with Crippen molar-refractivity contribution in [2.24, 2.45) is 10.9 Å². The van der Waals surface area contributed by atoms with Crippen molar-refractivity contribution in [3.05, 3.63) is 60.2 Å². The number of oxime groups is 1. The molecule has 0 heterocycles. The third-order valence-electron chi connectivity index (χ3n) is 2.50. The molecule has 0 aliphatic carbocycles. The Kier molecular flexibility index (Phi) is 4.44. The van der Waals surface area contributed by atoms with Gasteiger partial charge in [0.15, 0.2) is 0 Å². The van der Waals surface area contributed by atoms with Crippen LogP contribution in [0, 0.1) is 6.92 Å². The Morgan fingerprint density at radius 3 is 2.29 bits per heavy atom. The Bertz CT molecular complexity index is 725. The molecule has 0 atom stereocenters. The summed E-state index contributed by atoms with van der Waals surface area (Å²) in [5.41, 5.74) is 6.52. The minimum absolute atomic E-state index is 0.0168. The van der Waals surface area contributed by atoms with E-state index in [0.29, 0.717) is 5.75 Å². The second-order valence-electron chi connectivity index (χ2n) is 4.19. The number of aryl methyl sites for hydroxylation is 1. The molecule has 7 heteroatoms. The third-order valence-corrected chi connectivity index (χ3v) is 3.62. The summed E-state index contributed by atoms with van der Waals surface area (Å²) in [6.07, 6.45) is 0. The Balaban J connectivity index is 2.05. The van der Waals surface area contributed by atoms with E-state index in [-0.39, 0.29) is 4.90 Å². The highest BCUT2D eigenvalue weighted by atomic mass is 32.2. The van der Waals surface area contributed by atoms with Crippen LogP contribution in [0.5, 0.6) is 5.75 Å². The monoisotopic (exact) mass is 306 g/mol. The highest BCUT2D eigenvalue weighted by molar-refractivity contribution is 7.86. The van der Waals surface area contributed by atoms with Crippen molar-refractivity contribution < 1.29 is 17.4 Å². The van der Waals surface area contributed by atoms with E-state index in [2.05, 4.69) is 9.44 Å². The summed E-state index contributed by atoms with van der Waals surface area (Å²) < 4.78 is 33.2. The average Bonchev–Trinajstić information content (AvgIpc) is 2.49. The van der Waals surface area contributed by atoms with Gasteiger partial charge in [-0.1, -0.05) is 35.9 Å². The Morgan fingerprint density at radius 2 is 1.67 bits per heavy atom. The van der Waals surface area contributed by atoms with Crippen molar-refractivity contribution in [2.45, 2.75) is 11.8 Å². The summed E-state index contributed by atoms with van der Waals surface area (Å²) >= 11 is 0. The summed E-state index contributed by atoms with van der Waals surface area (Å²) in [6, 6.07) is 14.2. The van der Waals surface area contributed by atoms with E-state index in [9.17, 15) is 8.42 Å². The van der Waals surface area contributed by atoms with E-state index in [1.165, 1.54) is 12.1 Å². The summed E-state index contributed by atoms with van der Waals surface area (Å²) in [4.78, 5) is -0.0168. The first-order valence-corrected chi connectivity index (χ1v) is 7.45. The Labute approximate surface area is 122 Å². The number of amidine groups is 1. The molecule has 2 rings (SSSR count). The fourth-order valence-electron chi connectivity index (χ4n) is 1.46. The van der Waals surface area contributed by atoms with Gasteiger partial charge in [0.25, 0.3) is 0 Å². The molecule has 2 N–H and O–H groups in total. The second-order valence-corrected chi connectivity index (χ2v) is 5.72. The maximum Gasteiger partial charge on any atom is 0.358 e. The lowest BCUT2D eigenvalue weighted by Crippen LogP contribution is -2.21. The van der Waals surface area contributed by atoms with Crippen molar-refractivity contribution in [1.82, 2.24) is 0 Å². The zero-order valence-electron chi connectivity index (χ0n) is 11.3. The minimum atomic E-state index is -4.00. The minimum Gasteiger partial charge on any atom is -0.424 e. The lowest BCUT2D eigenvalue weighted by molar-refractivity contribution is 0.323. The van der Waals surface area contributed by atoms with Gasteiger partial charge >= 0.3 is 16.1 Å². The molecule has 2 aromatic carbocycles. The molecule has 21 heavy (non-hydrogen) atoms. The SMILES string of the molecule is Cc1ccc(O/C(N)=N\OS(=O)(=O)c2ccccc2)cc1. The van der Waals surface area contributed by atoms with Crippen LogP contribution in [-0.2, 0) is 14.4 Å². The van der Waals surface area contributed by atoms with Crippen LogP contribution in [0.25, 0.3) is 0 Å². The van der Waals surface area contributed by atoms with E-state index in [1.807, 2.05) is 19.1 Å². The van der Waals surface area contributed by atoms with Crippen molar-refractivity contribution in [3.8, 4) is 5.75 Å². The molecule has 0 aliphatic rings. The van der Waals surface area contributed by atoms with Gasteiger partial charge in [-0.15, -0.1) is 0 Å². The number of ether oxygens (including phenoxy) is 1. The number of nitrogens with zero attached hydrogens (tertiary/aromatic N) is 1. The molecule has 0 saturated carbocycles. The molecule has 2 aromatic rings. The van der Waals surface area contributed by atoms with E-state index in [1.54, 1.807) is 30.3 Å². The molecule has 0 bridgehead atoms. The number of hydrogen-bond acceptors (Lipinski definition) is 5. The number of benzene rings is 2. The summed E-state index contributed by atoms with van der Waals surface area (Å²) in [7, 11) is -4.00. The van der Waals surface area contributed by atoms with Gasteiger partial charge in [0.2, 0.25) is 0 Å². The molecule has 6 nitrogen and oxygen atoms in total. The quantitative estimate of drug-likeness (QED) is 0.530. The summed E-state index contributed by atoms with van der Waals surface area (Å²) in [5.74, 6) is 0.433. The first kappa shape index (κ1) is 14.9. The van der Waals surface area contributed by atoms with E-state index < -0.39 is 16.1 Å². The smallest absolute Gasteiger partial charge is 0.358 e. The lowest BCUT2D eigenvalue weighted by Gasteiger charge is -2.05. The molecule has 0 spiro atoms. The van der Waals surface area contributed by atoms with Crippen LogP contribution in [-0.4, -0.2) is 14.4 Å². The Hall–Kier alpha value is -2.54. The van der Waals surface area contributed by atoms with E-state index >= 15 is 0 Å². The third kappa shape index (κ3) is 4.22. The predicted octanol–water partition coefficient (Wildman–Crippen LogP) is 2.01. The first-order valence-electron chi connectivity index (χ1n) is 6.04. The largest absolute Gasteiger partial charge is 0.424 e. The fourth-order valence-corrected chi connectivity index (χ4v) is 2.21. The van der Waals surface area contributed by atoms with Gasteiger partial charge in [-0.3, -0.25) is 4.28 Å². The molecule has 0 unspecified atom stereocenters. The van der Waals surface area contributed by atoms with Crippen LogP contribution in [0.3, 0.4) is 0 Å². The number of hydrogen-bond donors (Lipinski definition) is 1. The van der Waals surface area contributed by atoms with Gasteiger partial charge in [-0.25, -0.2) is 0 Å². The van der Waals surface area contributed by atoms with Crippen LogP contribution in [0.1, 0.15) is 5.56 Å². The van der Waals surface area contributed by atoms with Crippen LogP contribution in [0.15, 0.2) is 64.6 Å². The van der Waals surface area contributed by atoms with Crippen molar-refractivity contribution in [3.63, 3.8) is 0 Å². The predicted molar refractivity (Wildman–Crippen MR) is 78.1 cm³/mol. The Morgan fingerprint density at radius 1 is 1.05 bits per heavy atom. The van der Waals surface area contributed by atoms with Crippen LogP contribution >= 0.6 is 0 Å². The van der Waals surface area contributed by atoms with Gasteiger partial charge in [-0.05, 0) is 36.3 Å². The number of nitrogens with two attached hydrogens (primary N) is 1. The molecule has 0 aliphatic heterocycles. The number of rotatable bonds is 4. The first-order chi connectivity index (χ1) is 9.97. The standard InChI is InChI=1S/C14H14N2O4S/c1-11-7-9-12(10-8-11)19-14(15)16-20-21(17,18)13-5-3-2-4-6-13/h2-10H,1H3,(H2,15,16). The van der Waals surface area contributed by atoms with Gasteiger partial charge in [0.05, 0.1) is 0 Å². The molecular weight excluding hydrogens is 292 g/mol. The molecule has 0 radical (unpaired) electrons. The normalized spacial score (nSPS) is 12.0. The van der Waals surface area contributed by atoms with Crippen molar-refractivity contribution in [2.75, 3.05) is 0 Å². The lowest BCUT2D eigenvalue weighted by atomic mass is 10.2. The van der Waals surface area contributed by atoms with Crippen LogP contribution < -0.4 is 10.5 Å². The summed E-state index contributed by atoms with van der Waals surface area (Å²) in [5, 5.41) is 3.27. The zero-order chi connectivity index (χ0) is 15.3. The highest BCUT2D eigenvalue weighted by Gasteiger charge is 2.15. The van der Waals surface area contributed by atoms with Crippen LogP contribution in [0.2, 0.25) is 0 Å². The van der Waals surface area contributed by atoms with Crippen molar-refractivity contribution >= 4 is 16.1 Å². The summed E-state index contributed by atoms with van der Waals surface area (Å²) in [6.45, 7) is 1.93. The van der Waals surface area contributed by atoms with E-state index in [4.69, 9.17) is 10.5 Å². The molecular formula is C14H14N2O4S. The maximum atomic E-state index is 11.8. The zero-order valence-corrected chi connectivity index (χ0v) is 12.1. The fraction of sp³-hybridized carbons (Fsp3) is 0.0714. The second kappa shape index (κ2) is 6.27. The maximum absolute atomic E-state index is 11.8. The molecule has 110 valence electrons. The van der Waals surface area contributed by atoms with Crippen molar-refractivity contribution in [1.29, 1.82) is 0 Å². The van der Waals surface area contributed by atoms with E-state index in [0.717, 1.165) is 5.56 Å². The van der Waals surface area contributed by atoms with Gasteiger partial charge < -0.3 is 10.5 Å². The van der Waals surface area contributed by atoms with Gasteiger partial charge in [-0.2, -0.15) is 8.42 Å². The molecule has 0 saturated heterocycles. The van der Waals surface area contributed by atoms with Gasteiger partial charge in [0, 0.05) is 0 Å². The molecule has 0 aromatic heterocycles. The van der Waals surface area contributed by atoms with Crippen LogP contribution in [0.4, 0.5) is 0 Å². The molecule has 0 amide bonds.